The van der Waals surface area contributed by atoms with Gasteiger partial charge in [0.1, 0.15) is 11.4 Å². The molecule has 0 unspecified atom stereocenters. The van der Waals surface area contributed by atoms with E-state index in [-0.39, 0.29) is 23.8 Å². The molecule has 0 radical (unpaired) electrons. The van der Waals surface area contributed by atoms with E-state index in [1.807, 2.05) is 6.07 Å². The quantitative estimate of drug-likeness (QED) is 0.843. The van der Waals surface area contributed by atoms with Crippen LogP contribution < -0.4 is 4.74 Å². The van der Waals surface area contributed by atoms with E-state index in [4.69, 9.17) is 4.74 Å². The maximum atomic E-state index is 12.9. The van der Waals surface area contributed by atoms with Crippen LogP contribution in [0.15, 0.2) is 42.6 Å². The van der Waals surface area contributed by atoms with Gasteiger partial charge in [-0.05, 0) is 55.6 Å². The predicted molar refractivity (Wildman–Crippen MR) is 103 cm³/mol. The van der Waals surface area contributed by atoms with Crippen molar-refractivity contribution in [3.63, 3.8) is 0 Å². The molecule has 4 rings (SSSR count). The molecule has 0 saturated carbocycles. The van der Waals surface area contributed by atoms with Gasteiger partial charge in [-0.15, -0.1) is 0 Å². The van der Waals surface area contributed by atoms with Crippen molar-refractivity contribution in [3.05, 3.63) is 59.4 Å². The summed E-state index contributed by atoms with van der Waals surface area (Å²) in [5, 5.41) is 10.7. The van der Waals surface area contributed by atoms with Gasteiger partial charge in [-0.2, -0.15) is 0 Å². The van der Waals surface area contributed by atoms with Gasteiger partial charge in [0.2, 0.25) is 0 Å². The number of rotatable bonds is 4. The largest absolute Gasteiger partial charge is 0.494 e. The Morgan fingerprint density at radius 1 is 1.11 bits per heavy atom. The Balaban J connectivity index is 1.41. The highest BCUT2D eigenvalue weighted by Gasteiger charge is 2.35. The molecule has 0 spiro atoms. The zero-order valence-electron chi connectivity index (χ0n) is 15.7. The lowest BCUT2D eigenvalue weighted by atomic mass is 9.83. The number of hydrogen-bond acceptors (Lipinski definition) is 5. The van der Waals surface area contributed by atoms with Crippen LogP contribution in [0.1, 0.15) is 34.5 Å². The normalized spacial score (nSPS) is 23.6. The second kappa shape index (κ2) is 7.79. The van der Waals surface area contributed by atoms with E-state index in [9.17, 15) is 9.90 Å². The number of carbonyl (C=O) groups excluding carboxylic acids is 1. The molecule has 0 bridgehead atoms. The molecule has 142 valence electrons. The summed E-state index contributed by atoms with van der Waals surface area (Å²) in [4.78, 5) is 19.5. The molecule has 1 aromatic carbocycles. The molecule has 5 nitrogen and oxygen atoms in total. The summed E-state index contributed by atoms with van der Waals surface area (Å²) in [6, 6.07) is 12.1. The number of aliphatic hydroxyl groups is 1. The number of hydrogen-bond donors (Lipinski definition) is 1. The maximum absolute atomic E-state index is 12.9. The highest BCUT2D eigenvalue weighted by Crippen LogP contribution is 2.30. The van der Waals surface area contributed by atoms with Crippen LogP contribution in [0.5, 0.6) is 5.75 Å². The number of benzene rings is 1. The predicted octanol–water partition coefficient (Wildman–Crippen LogP) is 2.51. The SMILES string of the molecule is COc1cccnc1C(=O)C1CCN([C@H]2Cc3ccccc3C[C@@H]2O)CC1. The van der Waals surface area contributed by atoms with Crippen LogP contribution >= 0.6 is 0 Å². The van der Waals surface area contributed by atoms with Gasteiger partial charge in [-0.1, -0.05) is 24.3 Å². The van der Waals surface area contributed by atoms with Gasteiger partial charge in [0.25, 0.3) is 0 Å². The molecule has 27 heavy (non-hydrogen) atoms. The molecule has 1 saturated heterocycles. The summed E-state index contributed by atoms with van der Waals surface area (Å²) in [5.74, 6) is 0.587. The van der Waals surface area contributed by atoms with E-state index in [0.29, 0.717) is 17.9 Å². The van der Waals surface area contributed by atoms with E-state index in [1.54, 1.807) is 25.4 Å². The Bertz CT molecular complexity index is 815. The number of carbonyl (C=O) groups is 1. The van der Waals surface area contributed by atoms with Gasteiger partial charge in [0.15, 0.2) is 5.78 Å². The van der Waals surface area contributed by atoms with Crippen molar-refractivity contribution in [1.82, 2.24) is 9.88 Å². The fraction of sp³-hybridized carbons (Fsp3) is 0.455. The van der Waals surface area contributed by atoms with E-state index in [2.05, 4.69) is 28.1 Å². The van der Waals surface area contributed by atoms with Gasteiger partial charge in [-0.3, -0.25) is 9.69 Å². The van der Waals surface area contributed by atoms with Crippen LogP contribution in [0, 0.1) is 5.92 Å². The van der Waals surface area contributed by atoms with Gasteiger partial charge in [0, 0.05) is 24.6 Å². The standard InChI is InChI=1S/C22H26N2O3/c1-27-20-7-4-10-23-21(20)22(26)15-8-11-24(12-9-15)18-13-16-5-2-3-6-17(16)14-19(18)25/h2-7,10,15,18-19,25H,8-9,11-14H2,1H3/t18-,19-/m0/s1. The van der Waals surface area contributed by atoms with Crippen LogP contribution in [-0.2, 0) is 12.8 Å². The lowest BCUT2D eigenvalue weighted by Crippen LogP contribution is -2.51. The lowest BCUT2D eigenvalue weighted by molar-refractivity contribution is 0.0238. The highest BCUT2D eigenvalue weighted by atomic mass is 16.5. The summed E-state index contributed by atoms with van der Waals surface area (Å²) in [6.07, 6.45) is 4.48. The van der Waals surface area contributed by atoms with Crippen LogP contribution in [0.25, 0.3) is 0 Å². The van der Waals surface area contributed by atoms with Crippen LogP contribution in [0.3, 0.4) is 0 Å². The smallest absolute Gasteiger partial charge is 0.188 e. The van der Waals surface area contributed by atoms with Crippen molar-refractivity contribution in [1.29, 1.82) is 0 Å². The number of fused-ring (bicyclic) bond motifs is 1. The van der Waals surface area contributed by atoms with Crippen molar-refractivity contribution in [2.24, 2.45) is 5.92 Å². The van der Waals surface area contributed by atoms with Gasteiger partial charge < -0.3 is 9.84 Å². The number of Topliss-reactive ketones (excluding diaryl/α,β-unsaturated/α-hetero) is 1. The average molecular weight is 366 g/mol. The molecular weight excluding hydrogens is 340 g/mol. The number of ketones is 1. The first-order valence-electron chi connectivity index (χ1n) is 9.69. The molecule has 1 aliphatic heterocycles. The van der Waals surface area contributed by atoms with E-state index in [0.717, 1.165) is 32.4 Å². The van der Waals surface area contributed by atoms with Crippen molar-refractivity contribution in [2.75, 3.05) is 20.2 Å². The number of ether oxygens (including phenoxy) is 1. The number of aliphatic hydroxyl groups excluding tert-OH is 1. The Morgan fingerprint density at radius 2 is 1.81 bits per heavy atom. The fourth-order valence-electron chi connectivity index (χ4n) is 4.48. The fourth-order valence-corrected chi connectivity index (χ4v) is 4.48. The topological polar surface area (TPSA) is 62.7 Å². The number of methoxy groups -OCH3 is 1. The minimum absolute atomic E-state index is 0.0296. The third kappa shape index (κ3) is 3.62. The number of nitrogens with zero attached hydrogens (tertiary/aromatic N) is 2. The Morgan fingerprint density at radius 3 is 2.52 bits per heavy atom. The van der Waals surface area contributed by atoms with Crippen molar-refractivity contribution in [3.8, 4) is 5.75 Å². The van der Waals surface area contributed by atoms with Crippen LogP contribution in [0.2, 0.25) is 0 Å². The zero-order chi connectivity index (χ0) is 18.8. The summed E-state index contributed by atoms with van der Waals surface area (Å²) < 4.78 is 5.29. The van der Waals surface area contributed by atoms with Gasteiger partial charge >= 0.3 is 0 Å². The second-order valence-electron chi connectivity index (χ2n) is 7.54. The molecule has 2 aliphatic rings. The Hall–Kier alpha value is -2.24. The van der Waals surface area contributed by atoms with Crippen molar-refractivity contribution in [2.45, 2.75) is 37.8 Å². The van der Waals surface area contributed by atoms with Crippen molar-refractivity contribution < 1.29 is 14.6 Å². The molecule has 2 atom stereocenters. The zero-order valence-corrected chi connectivity index (χ0v) is 15.7. The van der Waals surface area contributed by atoms with Crippen LogP contribution in [-0.4, -0.2) is 53.1 Å². The summed E-state index contributed by atoms with van der Waals surface area (Å²) in [7, 11) is 1.57. The Kier molecular flexibility index (Phi) is 5.23. The number of pyridine rings is 1. The van der Waals surface area contributed by atoms with Gasteiger partial charge in [0.05, 0.1) is 13.2 Å². The van der Waals surface area contributed by atoms with Crippen LogP contribution in [0.4, 0.5) is 0 Å². The van der Waals surface area contributed by atoms with E-state index >= 15 is 0 Å². The first kappa shape index (κ1) is 18.1. The third-order valence-corrected chi connectivity index (χ3v) is 6.01. The average Bonchev–Trinajstić information content (AvgIpc) is 2.73. The maximum Gasteiger partial charge on any atom is 0.188 e. The summed E-state index contributed by atoms with van der Waals surface area (Å²) in [5.41, 5.74) is 3.03. The third-order valence-electron chi connectivity index (χ3n) is 6.01. The summed E-state index contributed by atoms with van der Waals surface area (Å²) >= 11 is 0. The number of piperidine rings is 1. The lowest BCUT2D eigenvalue weighted by Gasteiger charge is -2.41. The molecule has 1 N–H and O–H groups in total. The Labute approximate surface area is 160 Å². The first-order chi connectivity index (χ1) is 13.2. The van der Waals surface area contributed by atoms with Gasteiger partial charge in [-0.25, -0.2) is 4.98 Å². The first-order valence-corrected chi connectivity index (χ1v) is 9.69. The summed E-state index contributed by atoms with van der Waals surface area (Å²) in [6.45, 7) is 1.66. The molecule has 1 aliphatic carbocycles. The molecule has 1 fully saturated rings. The molecule has 0 amide bonds. The molecule has 2 heterocycles. The van der Waals surface area contributed by atoms with Crippen molar-refractivity contribution >= 4 is 5.78 Å². The minimum atomic E-state index is -0.344. The molecular formula is C22H26N2O3. The highest BCUT2D eigenvalue weighted by molar-refractivity contribution is 5.98. The molecule has 1 aromatic heterocycles. The molecule has 2 aromatic rings. The second-order valence-corrected chi connectivity index (χ2v) is 7.54. The van der Waals surface area contributed by atoms with E-state index in [1.165, 1.54) is 11.1 Å². The number of aromatic nitrogens is 1. The molecule has 5 heteroatoms. The van der Waals surface area contributed by atoms with E-state index < -0.39 is 0 Å². The minimum Gasteiger partial charge on any atom is -0.494 e. The number of likely N-dealkylation sites (tertiary alicyclic amines) is 1. The monoisotopic (exact) mass is 366 g/mol.